The van der Waals surface area contributed by atoms with E-state index in [9.17, 15) is 0 Å². The second-order valence-electron chi connectivity index (χ2n) is 12.3. The van der Waals surface area contributed by atoms with Crippen molar-refractivity contribution in [1.82, 2.24) is 9.55 Å². The normalized spacial score (nSPS) is 11.7. The average Bonchev–Trinajstić information content (AvgIpc) is 3.38. The van der Waals surface area contributed by atoms with Crippen molar-refractivity contribution in [2.45, 2.75) is 111 Å². The Morgan fingerprint density at radius 3 is 1.83 bits per heavy atom. The minimum Gasteiger partial charge on any atom is -0.494 e. The van der Waals surface area contributed by atoms with Crippen molar-refractivity contribution >= 4 is 32.6 Å². The van der Waals surface area contributed by atoms with Crippen molar-refractivity contribution in [2.75, 3.05) is 6.61 Å². The number of nitrogens with zero attached hydrogens (tertiary/aromatic N) is 2. The van der Waals surface area contributed by atoms with Crippen LogP contribution in [0.2, 0.25) is 0 Å². The summed E-state index contributed by atoms with van der Waals surface area (Å²) >= 11 is 0. The molecular weight excluding hydrogens is 512 g/mol. The van der Waals surface area contributed by atoms with E-state index in [0.29, 0.717) is 0 Å². The number of aryl methyl sites for hydroxylation is 3. The van der Waals surface area contributed by atoms with Crippen LogP contribution in [0, 0.1) is 13.8 Å². The predicted octanol–water partition coefficient (Wildman–Crippen LogP) is 11.7. The molecule has 3 nitrogen and oxygen atoms in total. The molecule has 5 aromatic rings. The third kappa shape index (κ3) is 7.00. The number of imidazole rings is 1. The SMILES string of the molecule is CCCCCCCCOc1ccc(-c2nc3c4cc(C)ccc4c4ccc(C)cc4c3n2CCCCCCCC)cc1. The van der Waals surface area contributed by atoms with Crippen molar-refractivity contribution < 1.29 is 4.74 Å². The Bertz CT molecular complexity index is 1590. The van der Waals surface area contributed by atoms with Crippen LogP contribution in [-0.2, 0) is 6.54 Å². The van der Waals surface area contributed by atoms with Gasteiger partial charge in [-0.25, -0.2) is 4.98 Å². The third-order valence-corrected chi connectivity index (χ3v) is 8.73. The van der Waals surface area contributed by atoms with Gasteiger partial charge >= 0.3 is 0 Å². The van der Waals surface area contributed by atoms with Crippen molar-refractivity contribution in [3.63, 3.8) is 0 Å². The fraction of sp³-hybridized carbons (Fsp3) is 0.462. The molecule has 1 heterocycles. The average molecular weight is 563 g/mol. The van der Waals surface area contributed by atoms with Gasteiger partial charge in [0.05, 0.1) is 17.6 Å². The molecule has 4 aromatic carbocycles. The molecule has 0 spiro atoms. The summed E-state index contributed by atoms with van der Waals surface area (Å²) in [7, 11) is 0. The predicted molar refractivity (Wildman–Crippen MR) is 182 cm³/mol. The second-order valence-corrected chi connectivity index (χ2v) is 12.3. The molecule has 0 saturated carbocycles. The highest BCUT2D eigenvalue weighted by molar-refractivity contribution is 6.24. The van der Waals surface area contributed by atoms with Crippen LogP contribution >= 0.6 is 0 Å². The monoisotopic (exact) mass is 562 g/mol. The van der Waals surface area contributed by atoms with E-state index >= 15 is 0 Å². The number of fused-ring (bicyclic) bond motifs is 6. The molecule has 0 bridgehead atoms. The highest BCUT2D eigenvalue weighted by Crippen LogP contribution is 2.38. The van der Waals surface area contributed by atoms with Crippen LogP contribution in [0.4, 0.5) is 0 Å². The Morgan fingerprint density at radius 1 is 0.595 bits per heavy atom. The topological polar surface area (TPSA) is 27.1 Å². The first-order chi connectivity index (χ1) is 20.6. The Kier molecular flexibility index (Phi) is 10.6. The highest BCUT2D eigenvalue weighted by Gasteiger charge is 2.19. The van der Waals surface area contributed by atoms with Gasteiger partial charge in [-0.05, 0) is 73.9 Å². The first kappa shape index (κ1) is 30.1. The van der Waals surface area contributed by atoms with Crippen molar-refractivity contribution in [2.24, 2.45) is 0 Å². The molecule has 5 rings (SSSR count). The Hall–Kier alpha value is -3.33. The molecule has 0 unspecified atom stereocenters. The molecule has 0 saturated heterocycles. The lowest BCUT2D eigenvalue weighted by Gasteiger charge is -2.13. The van der Waals surface area contributed by atoms with E-state index in [2.05, 4.69) is 92.9 Å². The first-order valence-corrected chi connectivity index (χ1v) is 16.7. The van der Waals surface area contributed by atoms with Gasteiger partial charge in [0.2, 0.25) is 0 Å². The van der Waals surface area contributed by atoms with Crippen LogP contribution < -0.4 is 4.74 Å². The van der Waals surface area contributed by atoms with Gasteiger partial charge in [0, 0.05) is 22.9 Å². The maximum absolute atomic E-state index is 6.12. The van der Waals surface area contributed by atoms with E-state index < -0.39 is 0 Å². The van der Waals surface area contributed by atoms with Crippen LogP contribution in [0.15, 0.2) is 60.7 Å². The van der Waals surface area contributed by atoms with Crippen LogP contribution in [0.5, 0.6) is 5.75 Å². The van der Waals surface area contributed by atoms with E-state index in [-0.39, 0.29) is 0 Å². The van der Waals surface area contributed by atoms with E-state index in [0.717, 1.165) is 42.2 Å². The maximum Gasteiger partial charge on any atom is 0.141 e. The highest BCUT2D eigenvalue weighted by atomic mass is 16.5. The molecular formula is C39H50N2O. The molecule has 0 N–H and O–H groups in total. The lowest BCUT2D eigenvalue weighted by Crippen LogP contribution is -2.02. The molecule has 42 heavy (non-hydrogen) atoms. The fourth-order valence-corrected chi connectivity index (χ4v) is 6.35. The van der Waals surface area contributed by atoms with Gasteiger partial charge in [0.15, 0.2) is 0 Å². The van der Waals surface area contributed by atoms with Gasteiger partial charge < -0.3 is 9.30 Å². The van der Waals surface area contributed by atoms with Crippen LogP contribution in [0.25, 0.3) is 44.0 Å². The minimum atomic E-state index is 0.790. The van der Waals surface area contributed by atoms with E-state index in [1.165, 1.54) is 109 Å². The lowest BCUT2D eigenvalue weighted by atomic mass is 9.97. The Balaban J connectivity index is 1.50. The first-order valence-electron chi connectivity index (χ1n) is 16.7. The smallest absolute Gasteiger partial charge is 0.141 e. The van der Waals surface area contributed by atoms with Gasteiger partial charge in [-0.3, -0.25) is 0 Å². The summed E-state index contributed by atoms with van der Waals surface area (Å²) in [5.41, 5.74) is 6.12. The van der Waals surface area contributed by atoms with Crippen molar-refractivity contribution in [1.29, 1.82) is 0 Å². The molecule has 0 atom stereocenters. The van der Waals surface area contributed by atoms with Gasteiger partial charge in [-0.1, -0.05) is 113 Å². The Morgan fingerprint density at radius 2 is 1.17 bits per heavy atom. The maximum atomic E-state index is 6.12. The zero-order valence-corrected chi connectivity index (χ0v) is 26.5. The summed E-state index contributed by atoms with van der Waals surface area (Å²) in [6.07, 6.45) is 15.4. The number of benzene rings is 4. The lowest BCUT2D eigenvalue weighted by molar-refractivity contribution is 0.304. The van der Waals surface area contributed by atoms with Gasteiger partial charge in [-0.2, -0.15) is 0 Å². The summed E-state index contributed by atoms with van der Waals surface area (Å²) in [5, 5.41) is 5.17. The number of unbranched alkanes of at least 4 members (excludes halogenated alkanes) is 10. The number of hydrogen-bond donors (Lipinski definition) is 0. The van der Waals surface area contributed by atoms with Gasteiger partial charge in [0.1, 0.15) is 11.6 Å². The van der Waals surface area contributed by atoms with Crippen LogP contribution in [-0.4, -0.2) is 16.2 Å². The third-order valence-electron chi connectivity index (χ3n) is 8.73. The van der Waals surface area contributed by atoms with E-state index in [1.54, 1.807) is 0 Å². The van der Waals surface area contributed by atoms with Crippen LogP contribution in [0.1, 0.15) is 102 Å². The quantitative estimate of drug-likeness (QED) is 0.0883. The minimum absolute atomic E-state index is 0.790. The molecule has 0 radical (unpaired) electrons. The summed E-state index contributed by atoms with van der Waals surface area (Å²) in [6.45, 7) is 10.7. The van der Waals surface area contributed by atoms with E-state index in [1.807, 2.05) is 0 Å². The number of aromatic nitrogens is 2. The molecule has 0 aliphatic heterocycles. The van der Waals surface area contributed by atoms with Crippen molar-refractivity contribution in [3.05, 3.63) is 71.8 Å². The zero-order chi connectivity index (χ0) is 29.3. The fourth-order valence-electron chi connectivity index (χ4n) is 6.35. The van der Waals surface area contributed by atoms with Crippen LogP contribution in [0.3, 0.4) is 0 Å². The van der Waals surface area contributed by atoms with Crippen molar-refractivity contribution in [3.8, 4) is 17.1 Å². The molecule has 0 amide bonds. The molecule has 0 aliphatic carbocycles. The second kappa shape index (κ2) is 14.7. The number of ether oxygens (including phenoxy) is 1. The van der Waals surface area contributed by atoms with Gasteiger partial charge in [-0.15, -0.1) is 0 Å². The number of hydrogen-bond acceptors (Lipinski definition) is 2. The molecule has 0 aliphatic rings. The van der Waals surface area contributed by atoms with E-state index in [4.69, 9.17) is 9.72 Å². The zero-order valence-electron chi connectivity index (χ0n) is 26.5. The summed E-state index contributed by atoms with van der Waals surface area (Å²) < 4.78 is 8.64. The number of rotatable bonds is 16. The molecule has 3 heteroatoms. The largest absolute Gasteiger partial charge is 0.494 e. The summed E-state index contributed by atoms with van der Waals surface area (Å²) in [5.74, 6) is 2.02. The molecule has 222 valence electrons. The standard InChI is InChI=1S/C39H50N2O/c1-5-7-9-11-13-15-25-41-38-36-28-30(4)18-24-34(36)33-23-17-29(3)27-35(33)37(38)40-39(41)31-19-21-32(22-20-31)42-26-16-14-12-10-8-6-2/h17-24,27-28H,5-16,25-26H2,1-4H3. The summed E-state index contributed by atoms with van der Waals surface area (Å²) in [6, 6.07) is 22.4. The Labute approximate surface area is 253 Å². The van der Waals surface area contributed by atoms with Gasteiger partial charge in [0.25, 0.3) is 0 Å². The molecule has 0 fully saturated rings. The molecule has 1 aromatic heterocycles. The summed E-state index contributed by atoms with van der Waals surface area (Å²) in [4.78, 5) is 5.42.